The Bertz CT molecular complexity index is 1480. The Morgan fingerprint density at radius 1 is 1.18 bits per heavy atom. The van der Waals surface area contributed by atoms with Gasteiger partial charge in [-0.1, -0.05) is 12.1 Å². The van der Waals surface area contributed by atoms with E-state index in [-0.39, 0.29) is 12.2 Å². The minimum absolute atomic E-state index is 0.0200. The van der Waals surface area contributed by atoms with Gasteiger partial charge < -0.3 is 19.5 Å². The van der Waals surface area contributed by atoms with Crippen LogP contribution in [0.4, 0.5) is 5.95 Å². The number of hydrogen-bond acceptors (Lipinski definition) is 7. The number of fused-ring (bicyclic) bond motifs is 5. The summed E-state index contributed by atoms with van der Waals surface area (Å²) >= 11 is 0. The number of pyridine rings is 1. The first kappa shape index (κ1) is 21.1. The molecule has 0 radical (unpaired) electrons. The van der Waals surface area contributed by atoms with E-state index in [0.717, 1.165) is 43.6 Å². The molecular formula is C25H28N6O3. The molecule has 4 aromatic rings. The van der Waals surface area contributed by atoms with Crippen LogP contribution in [0.2, 0.25) is 0 Å². The van der Waals surface area contributed by atoms with Gasteiger partial charge in [-0.3, -0.25) is 9.20 Å². The number of rotatable bonds is 3. The van der Waals surface area contributed by atoms with E-state index in [1.807, 2.05) is 28.7 Å². The average Bonchev–Trinajstić information content (AvgIpc) is 3.43. The lowest BCUT2D eigenvalue weighted by Gasteiger charge is -2.37. The van der Waals surface area contributed by atoms with Gasteiger partial charge in [-0.05, 0) is 63.9 Å². The Labute approximate surface area is 196 Å². The highest BCUT2D eigenvalue weighted by atomic mass is 16.5. The zero-order chi connectivity index (χ0) is 23.4. The number of carbonyl (C=O) groups excluding carboxylic acids is 1. The first-order chi connectivity index (χ1) is 16.5. The molecule has 1 N–H and O–H groups in total. The predicted molar refractivity (Wildman–Crippen MR) is 131 cm³/mol. The number of esters is 1. The molecule has 2 aliphatic heterocycles. The van der Waals surface area contributed by atoms with Crippen LogP contribution in [0, 0.1) is 5.41 Å². The lowest BCUT2D eigenvalue weighted by Crippen LogP contribution is -2.39. The number of aromatic nitrogens is 4. The van der Waals surface area contributed by atoms with Crippen LogP contribution >= 0.6 is 0 Å². The van der Waals surface area contributed by atoms with Crippen molar-refractivity contribution in [2.75, 3.05) is 44.7 Å². The standard InChI is InChI=1S/C25H28N6O3/c1-3-34-23(33)19-20(32)16-14-26-24(30-13-10-25(15-30)8-11-29(2)12-9-25)28-21(16)31-18-7-5-4-6-17(18)27-22(19)31/h4-7,14,27H,3,8-13,15H2,1-2H3. The zero-order valence-corrected chi connectivity index (χ0v) is 19.5. The van der Waals surface area contributed by atoms with Gasteiger partial charge in [0.1, 0.15) is 11.2 Å². The van der Waals surface area contributed by atoms with Crippen LogP contribution in [0.25, 0.3) is 27.7 Å². The molecule has 2 aliphatic rings. The van der Waals surface area contributed by atoms with Crippen molar-refractivity contribution in [3.8, 4) is 0 Å². The summed E-state index contributed by atoms with van der Waals surface area (Å²) in [4.78, 5) is 43.5. The number of nitrogens with zero attached hydrogens (tertiary/aromatic N) is 5. The average molecular weight is 461 g/mol. The van der Waals surface area contributed by atoms with Gasteiger partial charge in [0.25, 0.3) is 0 Å². The molecule has 6 rings (SSSR count). The van der Waals surface area contributed by atoms with Crippen molar-refractivity contribution in [3.05, 3.63) is 46.2 Å². The van der Waals surface area contributed by atoms with E-state index in [2.05, 4.69) is 26.8 Å². The Balaban J connectivity index is 1.52. The molecule has 5 heterocycles. The van der Waals surface area contributed by atoms with Gasteiger partial charge >= 0.3 is 5.97 Å². The van der Waals surface area contributed by atoms with E-state index in [1.165, 1.54) is 12.8 Å². The molecule has 2 fully saturated rings. The molecule has 0 bridgehead atoms. The molecule has 9 nitrogen and oxygen atoms in total. The fourth-order valence-corrected chi connectivity index (χ4v) is 5.56. The number of aromatic amines is 1. The molecule has 2 saturated heterocycles. The Morgan fingerprint density at radius 3 is 2.74 bits per heavy atom. The van der Waals surface area contributed by atoms with E-state index in [9.17, 15) is 9.59 Å². The van der Waals surface area contributed by atoms with E-state index >= 15 is 0 Å². The zero-order valence-electron chi connectivity index (χ0n) is 19.5. The van der Waals surface area contributed by atoms with Crippen molar-refractivity contribution in [2.45, 2.75) is 26.2 Å². The number of likely N-dealkylation sites (tertiary alicyclic amines) is 1. The van der Waals surface area contributed by atoms with Crippen LogP contribution in [0.5, 0.6) is 0 Å². The Hall–Kier alpha value is -3.46. The minimum atomic E-state index is -0.647. The summed E-state index contributed by atoms with van der Waals surface area (Å²) in [5, 5.41) is 0.308. The fourth-order valence-electron chi connectivity index (χ4n) is 5.56. The van der Waals surface area contributed by atoms with Gasteiger partial charge in [-0.15, -0.1) is 0 Å². The van der Waals surface area contributed by atoms with Gasteiger partial charge in [-0.25, -0.2) is 9.78 Å². The number of H-pyrrole nitrogens is 1. The van der Waals surface area contributed by atoms with Crippen LogP contribution in [-0.4, -0.2) is 70.1 Å². The second-order valence-electron chi connectivity index (χ2n) is 9.63. The van der Waals surface area contributed by atoms with Crippen LogP contribution in [0.15, 0.2) is 35.3 Å². The lowest BCUT2D eigenvalue weighted by molar-refractivity contribution is 0.0527. The highest BCUT2D eigenvalue weighted by Crippen LogP contribution is 2.41. The molecule has 9 heteroatoms. The van der Waals surface area contributed by atoms with Crippen molar-refractivity contribution in [2.24, 2.45) is 5.41 Å². The molecule has 1 aromatic carbocycles. The number of benzene rings is 1. The molecule has 1 spiro atoms. The smallest absolute Gasteiger partial charge is 0.345 e. The van der Waals surface area contributed by atoms with Crippen molar-refractivity contribution < 1.29 is 9.53 Å². The van der Waals surface area contributed by atoms with Crippen molar-refractivity contribution in [3.63, 3.8) is 0 Å². The van der Waals surface area contributed by atoms with Gasteiger partial charge in [0.05, 0.1) is 23.0 Å². The monoisotopic (exact) mass is 460 g/mol. The molecule has 0 saturated carbocycles. The molecule has 0 aliphatic carbocycles. The maximum atomic E-state index is 13.4. The largest absolute Gasteiger partial charge is 0.462 e. The highest BCUT2D eigenvalue weighted by molar-refractivity contribution is 6.02. The van der Waals surface area contributed by atoms with Gasteiger partial charge in [-0.2, -0.15) is 4.98 Å². The van der Waals surface area contributed by atoms with E-state index in [4.69, 9.17) is 9.72 Å². The van der Waals surface area contributed by atoms with Crippen molar-refractivity contribution in [1.82, 2.24) is 24.3 Å². The maximum Gasteiger partial charge on any atom is 0.345 e. The second kappa shape index (κ2) is 7.80. The number of para-hydroxylation sites is 2. The maximum absolute atomic E-state index is 13.4. The van der Waals surface area contributed by atoms with Crippen LogP contribution in [-0.2, 0) is 4.74 Å². The summed E-state index contributed by atoms with van der Waals surface area (Å²) in [6, 6.07) is 7.70. The number of carbonyl (C=O) groups is 1. The number of piperidine rings is 1. The summed E-state index contributed by atoms with van der Waals surface area (Å²) in [5.41, 5.74) is 2.42. The molecule has 3 aromatic heterocycles. The fraction of sp³-hybridized carbons (Fsp3) is 0.440. The number of anilines is 1. The third-order valence-electron chi connectivity index (χ3n) is 7.55. The molecule has 0 unspecified atom stereocenters. The number of imidazole rings is 1. The second-order valence-corrected chi connectivity index (χ2v) is 9.63. The van der Waals surface area contributed by atoms with Crippen LogP contribution in [0.1, 0.15) is 36.5 Å². The number of nitrogens with one attached hydrogen (secondary N) is 1. The van der Waals surface area contributed by atoms with E-state index < -0.39 is 11.4 Å². The molecule has 34 heavy (non-hydrogen) atoms. The summed E-state index contributed by atoms with van der Waals surface area (Å²) in [6.07, 6.45) is 5.06. The van der Waals surface area contributed by atoms with Crippen molar-refractivity contribution >= 4 is 39.6 Å². The van der Waals surface area contributed by atoms with E-state index in [0.29, 0.717) is 28.0 Å². The summed E-state index contributed by atoms with van der Waals surface area (Å²) in [6.45, 7) is 5.98. The number of hydrogen-bond donors (Lipinski definition) is 1. The molecule has 0 amide bonds. The Morgan fingerprint density at radius 2 is 1.94 bits per heavy atom. The quantitative estimate of drug-likeness (QED) is 0.470. The third kappa shape index (κ3) is 3.18. The molecule has 0 atom stereocenters. The van der Waals surface area contributed by atoms with E-state index in [1.54, 1.807) is 13.1 Å². The van der Waals surface area contributed by atoms with Crippen LogP contribution < -0.4 is 10.3 Å². The van der Waals surface area contributed by atoms with Crippen molar-refractivity contribution in [1.29, 1.82) is 0 Å². The molecular weight excluding hydrogens is 432 g/mol. The highest BCUT2D eigenvalue weighted by Gasteiger charge is 2.41. The molecule has 176 valence electrons. The topological polar surface area (TPSA) is 95.8 Å². The van der Waals surface area contributed by atoms with Gasteiger partial charge in [0, 0.05) is 19.3 Å². The summed E-state index contributed by atoms with van der Waals surface area (Å²) < 4.78 is 7.07. The first-order valence-corrected chi connectivity index (χ1v) is 11.9. The van der Waals surface area contributed by atoms with Gasteiger partial charge in [0.15, 0.2) is 5.65 Å². The van der Waals surface area contributed by atoms with Crippen LogP contribution in [0.3, 0.4) is 0 Å². The lowest BCUT2D eigenvalue weighted by atomic mass is 9.78. The summed E-state index contributed by atoms with van der Waals surface area (Å²) in [5.74, 6) is -0.0167. The normalized spacial score (nSPS) is 18.5. The SMILES string of the molecule is CCOC(=O)c1c(=O)c2cnc(N3CCC4(CCN(C)CC4)C3)nc2n2c1[nH]c1ccccc12. The predicted octanol–water partition coefficient (Wildman–Crippen LogP) is 2.82. The van der Waals surface area contributed by atoms with Gasteiger partial charge in [0.2, 0.25) is 11.4 Å². The Kier molecular flexibility index (Phi) is 4.84. The first-order valence-electron chi connectivity index (χ1n) is 11.9. The summed E-state index contributed by atoms with van der Waals surface area (Å²) in [7, 11) is 2.18. The third-order valence-corrected chi connectivity index (χ3v) is 7.55. The minimum Gasteiger partial charge on any atom is -0.462 e. The number of ether oxygens (including phenoxy) is 1.